The van der Waals surface area contributed by atoms with Crippen LogP contribution in [0.4, 0.5) is 0 Å². The number of nitrogens with zero attached hydrogens (tertiary/aromatic N) is 3. The van der Waals surface area contributed by atoms with Gasteiger partial charge < -0.3 is 5.32 Å². The average molecular weight is 280 g/mol. The molecule has 0 bridgehead atoms. The number of benzene rings is 1. The maximum Gasteiger partial charge on any atom is 0.0705 e. The number of pyridine rings is 1. The number of aryl methyl sites for hydroxylation is 1. The molecule has 0 radical (unpaired) electrons. The topological polar surface area (TPSA) is 42.7 Å². The molecule has 1 unspecified atom stereocenters. The Morgan fingerprint density at radius 1 is 1.29 bits per heavy atom. The second kappa shape index (κ2) is 5.66. The Kier molecular flexibility index (Phi) is 3.71. The summed E-state index contributed by atoms with van der Waals surface area (Å²) in [4.78, 5) is 4.46. The minimum Gasteiger partial charge on any atom is -0.306 e. The zero-order valence-corrected chi connectivity index (χ0v) is 12.7. The Labute approximate surface area is 124 Å². The van der Waals surface area contributed by atoms with Gasteiger partial charge in [-0.1, -0.05) is 25.1 Å². The van der Waals surface area contributed by atoms with Crippen LogP contribution in [0.1, 0.15) is 29.8 Å². The minimum atomic E-state index is 0.148. The van der Waals surface area contributed by atoms with E-state index in [1.165, 1.54) is 22.2 Å². The summed E-state index contributed by atoms with van der Waals surface area (Å²) in [7, 11) is 1.98. The predicted octanol–water partition coefficient (Wildman–Crippen LogP) is 2.98. The van der Waals surface area contributed by atoms with Crippen LogP contribution >= 0.6 is 0 Å². The Balaban J connectivity index is 2.08. The molecule has 0 amide bonds. The lowest BCUT2D eigenvalue weighted by atomic mass is 9.98. The highest BCUT2D eigenvalue weighted by Crippen LogP contribution is 2.26. The van der Waals surface area contributed by atoms with Crippen LogP contribution in [-0.2, 0) is 7.05 Å². The summed E-state index contributed by atoms with van der Waals surface area (Å²) >= 11 is 0. The van der Waals surface area contributed by atoms with Crippen molar-refractivity contribution in [3.05, 3.63) is 59.5 Å². The maximum absolute atomic E-state index is 4.46. The second-order valence-corrected chi connectivity index (χ2v) is 5.26. The molecule has 2 heterocycles. The normalized spacial score (nSPS) is 12.7. The van der Waals surface area contributed by atoms with Gasteiger partial charge in [0.15, 0.2) is 0 Å². The van der Waals surface area contributed by atoms with Gasteiger partial charge in [0.2, 0.25) is 0 Å². The van der Waals surface area contributed by atoms with Gasteiger partial charge in [-0.3, -0.25) is 9.67 Å². The third-order valence-electron chi connectivity index (χ3n) is 3.96. The van der Waals surface area contributed by atoms with Crippen molar-refractivity contribution >= 4 is 10.9 Å². The van der Waals surface area contributed by atoms with E-state index in [-0.39, 0.29) is 6.04 Å². The van der Waals surface area contributed by atoms with E-state index in [0.717, 1.165) is 12.1 Å². The molecule has 108 valence electrons. The first-order valence-corrected chi connectivity index (χ1v) is 7.27. The summed E-state index contributed by atoms with van der Waals surface area (Å²) in [5.74, 6) is 0. The first-order chi connectivity index (χ1) is 10.2. The fourth-order valence-corrected chi connectivity index (χ4v) is 2.67. The van der Waals surface area contributed by atoms with E-state index in [0.29, 0.717) is 0 Å². The SMILES string of the molecule is CCNC(c1ccc2cccnc2c1)c1cnn(C)c1C. The molecule has 2 aromatic heterocycles. The van der Waals surface area contributed by atoms with Crippen LogP contribution in [0.3, 0.4) is 0 Å². The third-order valence-corrected chi connectivity index (χ3v) is 3.96. The van der Waals surface area contributed by atoms with Crippen molar-refractivity contribution in [2.75, 3.05) is 6.54 Å². The molecule has 4 heteroatoms. The van der Waals surface area contributed by atoms with E-state index >= 15 is 0 Å². The molecule has 1 aromatic carbocycles. The second-order valence-electron chi connectivity index (χ2n) is 5.26. The number of fused-ring (bicyclic) bond motifs is 1. The summed E-state index contributed by atoms with van der Waals surface area (Å²) in [5.41, 5.74) is 4.65. The highest BCUT2D eigenvalue weighted by molar-refractivity contribution is 5.79. The smallest absolute Gasteiger partial charge is 0.0705 e. The van der Waals surface area contributed by atoms with Crippen LogP contribution in [0.5, 0.6) is 0 Å². The largest absolute Gasteiger partial charge is 0.306 e. The lowest BCUT2D eigenvalue weighted by Gasteiger charge is -2.18. The molecule has 3 aromatic rings. The molecule has 0 saturated heterocycles. The van der Waals surface area contributed by atoms with Gasteiger partial charge in [0.05, 0.1) is 17.8 Å². The van der Waals surface area contributed by atoms with Crippen LogP contribution in [0, 0.1) is 6.92 Å². The van der Waals surface area contributed by atoms with Crippen molar-refractivity contribution in [2.24, 2.45) is 7.05 Å². The molecule has 0 spiro atoms. The third kappa shape index (κ3) is 2.54. The standard InChI is InChI=1S/C17H20N4/c1-4-18-17(15-11-20-21(3)12(15)2)14-8-7-13-6-5-9-19-16(13)10-14/h5-11,17-18H,4H2,1-3H3. The van der Waals surface area contributed by atoms with E-state index in [1.807, 2.05) is 30.2 Å². The summed E-state index contributed by atoms with van der Waals surface area (Å²) in [6.07, 6.45) is 3.79. The summed E-state index contributed by atoms with van der Waals surface area (Å²) < 4.78 is 1.92. The van der Waals surface area contributed by atoms with Gasteiger partial charge in [-0.2, -0.15) is 5.10 Å². The van der Waals surface area contributed by atoms with E-state index in [4.69, 9.17) is 0 Å². The van der Waals surface area contributed by atoms with Crippen molar-refractivity contribution in [1.29, 1.82) is 0 Å². The first kappa shape index (κ1) is 13.8. The molecule has 0 saturated carbocycles. The molecule has 4 nitrogen and oxygen atoms in total. The number of nitrogens with one attached hydrogen (secondary N) is 1. The molecular formula is C17H20N4. The van der Waals surface area contributed by atoms with Gasteiger partial charge >= 0.3 is 0 Å². The van der Waals surface area contributed by atoms with E-state index in [1.54, 1.807) is 0 Å². The Morgan fingerprint density at radius 2 is 2.14 bits per heavy atom. The van der Waals surface area contributed by atoms with Gasteiger partial charge in [-0.15, -0.1) is 0 Å². The zero-order valence-electron chi connectivity index (χ0n) is 12.7. The monoisotopic (exact) mass is 280 g/mol. The van der Waals surface area contributed by atoms with Crippen LogP contribution in [-0.4, -0.2) is 21.3 Å². The molecule has 3 rings (SSSR count). The first-order valence-electron chi connectivity index (χ1n) is 7.27. The Hall–Kier alpha value is -2.20. The Morgan fingerprint density at radius 3 is 2.86 bits per heavy atom. The van der Waals surface area contributed by atoms with Gasteiger partial charge in [-0.05, 0) is 31.2 Å². The molecule has 1 atom stereocenters. The highest BCUT2D eigenvalue weighted by Gasteiger charge is 2.18. The molecule has 1 N–H and O–H groups in total. The number of hydrogen-bond acceptors (Lipinski definition) is 3. The van der Waals surface area contributed by atoms with Gasteiger partial charge in [0, 0.05) is 29.9 Å². The van der Waals surface area contributed by atoms with Crippen molar-refractivity contribution in [3.63, 3.8) is 0 Å². The molecule has 0 aliphatic heterocycles. The van der Waals surface area contributed by atoms with Crippen molar-refractivity contribution in [3.8, 4) is 0 Å². The van der Waals surface area contributed by atoms with Crippen LogP contribution < -0.4 is 5.32 Å². The zero-order chi connectivity index (χ0) is 14.8. The summed E-state index contributed by atoms with van der Waals surface area (Å²) in [6, 6.07) is 10.7. The Bertz CT molecular complexity index is 760. The predicted molar refractivity (Wildman–Crippen MR) is 85.2 cm³/mol. The van der Waals surface area contributed by atoms with E-state index in [2.05, 4.69) is 53.5 Å². The number of aromatic nitrogens is 3. The fourth-order valence-electron chi connectivity index (χ4n) is 2.67. The summed E-state index contributed by atoms with van der Waals surface area (Å²) in [5, 5.41) is 9.09. The average Bonchev–Trinajstić information content (AvgIpc) is 2.84. The maximum atomic E-state index is 4.46. The highest BCUT2D eigenvalue weighted by atomic mass is 15.3. The lowest BCUT2D eigenvalue weighted by molar-refractivity contribution is 0.625. The molecule has 0 aliphatic rings. The van der Waals surface area contributed by atoms with Crippen molar-refractivity contribution in [2.45, 2.75) is 19.9 Å². The van der Waals surface area contributed by atoms with Crippen LogP contribution in [0.25, 0.3) is 10.9 Å². The van der Waals surface area contributed by atoms with Gasteiger partial charge in [-0.25, -0.2) is 0 Å². The lowest BCUT2D eigenvalue weighted by Crippen LogP contribution is -2.22. The van der Waals surface area contributed by atoms with Gasteiger partial charge in [0.1, 0.15) is 0 Å². The van der Waals surface area contributed by atoms with Crippen molar-refractivity contribution < 1.29 is 0 Å². The minimum absolute atomic E-state index is 0.148. The van der Waals surface area contributed by atoms with Crippen LogP contribution in [0.2, 0.25) is 0 Å². The van der Waals surface area contributed by atoms with Gasteiger partial charge in [0.25, 0.3) is 0 Å². The quantitative estimate of drug-likeness (QED) is 0.799. The molecule has 0 aliphatic carbocycles. The summed E-state index contributed by atoms with van der Waals surface area (Å²) in [6.45, 7) is 5.13. The van der Waals surface area contributed by atoms with E-state index < -0.39 is 0 Å². The van der Waals surface area contributed by atoms with E-state index in [9.17, 15) is 0 Å². The number of hydrogen-bond donors (Lipinski definition) is 1. The van der Waals surface area contributed by atoms with Crippen LogP contribution in [0.15, 0.2) is 42.7 Å². The number of rotatable bonds is 4. The molecular weight excluding hydrogens is 260 g/mol. The molecule has 0 fully saturated rings. The van der Waals surface area contributed by atoms with Crippen molar-refractivity contribution in [1.82, 2.24) is 20.1 Å². The molecule has 21 heavy (non-hydrogen) atoms. The fraction of sp³-hybridized carbons (Fsp3) is 0.294.